The first kappa shape index (κ1) is 13.8. The summed E-state index contributed by atoms with van der Waals surface area (Å²) in [6, 6.07) is 10.8. The van der Waals surface area contributed by atoms with Gasteiger partial charge in [0.15, 0.2) is 0 Å². The third-order valence-electron chi connectivity index (χ3n) is 2.77. The highest BCUT2D eigenvalue weighted by molar-refractivity contribution is 5.93. The standard InChI is InChI=1S/C15H15N3O2/c1-18(9-12-6-7-20-11-12)10-15(19)17-14-5-3-2-4-13(14)8-16/h2-7,11H,9-10H2,1H3,(H,17,19). The van der Waals surface area contributed by atoms with E-state index < -0.39 is 0 Å². The lowest BCUT2D eigenvalue weighted by Gasteiger charge is -2.15. The van der Waals surface area contributed by atoms with Gasteiger partial charge < -0.3 is 9.73 Å². The molecule has 0 unspecified atom stereocenters. The van der Waals surface area contributed by atoms with E-state index in [1.54, 1.807) is 36.8 Å². The van der Waals surface area contributed by atoms with Crippen molar-refractivity contribution < 1.29 is 9.21 Å². The normalized spacial score (nSPS) is 10.2. The number of anilines is 1. The lowest BCUT2D eigenvalue weighted by atomic mass is 10.2. The molecule has 5 heteroatoms. The zero-order chi connectivity index (χ0) is 14.4. The number of nitrogens with zero attached hydrogens (tertiary/aromatic N) is 2. The van der Waals surface area contributed by atoms with E-state index in [2.05, 4.69) is 5.32 Å². The summed E-state index contributed by atoms with van der Waals surface area (Å²) in [5, 5.41) is 11.7. The van der Waals surface area contributed by atoms with Crippen LogP contribution in [0, 0.1) is 11.3 Å². The average Bonchev–Trinajstić information content (AvgIpc) is 2.91. The first-order valence-electron chi connectivity index (χ1n) is 6.17. The molecule has 1 amide bonds. The van der Waals surface area contributed by atoms with E-state index in [-0.39, 0.29) is 12.5 Å². The molecule has 0 aliphatic heterocycles. The summed E-state index contributed by atoms with van der Waals surface area (Å²) in [4.78, 5) is 13.8. The van der Waals surface area contributed by atoms with Crippen LogP contribution in [-0.2, 0) is 11.3 Å². The largest absolute Gasteiger partial charge is 0.472 e. The number of carbonyl (C=O) groups is 1. The Hall–Kier alpha value is -2.58. The van der Waals surface area contributed by atoms with Gasteiger partial charge in [-0.2, -0.15) is 5.26 Å². The van der Waals surface area contributed by atoms with Gasteiger partial charge in [-0.05, 0) is 25.2 Å². The molecule has 2 aromatic rings. The number of nitriles is 1. The van der Waals surface area contributed by atoms with Gasteiger partial charge in [0.25, 0.3) is 0 Å². The van der Waals surface area contributed by atoms with Gasteiger partial charge in [0.1, 0.15) is 6.07 Å². The number of nitrogens with one attached hydrogen (secondary N) is 1. The summed E-state index contributed by atoms with van der Waals surface area (Å²) in [5.41, 5.74) is 2.01. The van der Waals surface area contributed by atoms with E-state index in [1.165, 1.54) is 0 Å². The molecular weight excluding hydrogens is 254 g/mol. The van der Waals surface area contributed by atoms with Gasteiger partial charge in [0.2, 0.25) is 5.91 Å². The van der Waals surface area contributed by atoms with Crippen molar-refractivity contribution in [2.24, 2.45) is 0 Å². The summed E-state index contributed by atoms with van der Waals surface area (Å²) in [6.45, 7) is 0.870. The number of para-hydroxylation sites is 1. The fourth-order valence-electron chi connectivity index (χ4n) is 1.87. The smallest absolute Gasteiger partial charge is 0.238 e. The number of hydrogen-bond donors (Lipinski definition) is 1. The van der Waals surface area contributed by atoms with Crippen LogP contribution in [0.3, 0.4) is 0 Å². The number of carbonyl (C=O) groups excluding carboxylic acids is 1. The zero-order valence-electron chi connectivity index (χ0n) is 11.2. The summed E-state index contributed by atoms with van der Waals surface area (Å²) in [6.07, 6.45) is 3.26. The minimum Gasteiger partial charge on any atom is -0.472 e. The van der Waals surface area contributed by atoms with Gasteiger partial charge in [-0.25, -0.2) is 0 Å². The molecule has 0 aliphatic carbocycles. The highest BCUT2D eigenvalue weighted by atomic mass is 16.3. The number of amides is 1. The third kappa shape index (κ3) is 3.70. The molecule has 20 heavy (non-hydrogen) atoms. The SMILES string of the molecule is CN(CC(=O)Nc1ccccc1C#N)Cc1ccoc1. The molecule has 0 bridgehead atoms. The Morgan fingerprint density at radius 1 is 1.40 bits per heavy atom. The molecule has 102 valence electrons. The van der Waals surface area contributed by atoms with E-state index in [0.29, 0.717) is 17.8 Å². The Morgan fingerprint density at radius 3 is 2.90 bits per heavy atom. The van der Waals surface area contributed by atoms with Crippen molar-refractivity contribution in [2.45, 2.75) is 6.54 Å². The quantitative estimate of drug-likeness (QED) is 0.903. The first-order valence-corrected chi connectivity index (χ1v) is 6.17. The molecule has 1 N–H and O–H groups in total. The Bertz CT molecular complexity index is 614. The van der Waals surface area contributed by atoms with Gasteiger partial charge in [0, 0.05) is 12.1 Å². The number of hydrogen-bond acceptors (Lipinski definition) is 4. The molecule has 0 atom stereocenters. The maximum atomic E-state index is 11.9. The van der Waals surface area contributed by atoms with Crippen molar-refractivity contribution in [3.63, 3.8) is 0 Å². The Balaban J connectivity index is 1.91. The minimum absolute atomic E-state index is 0.154. The van der Waals surface area contributed by atoms with Crippen LogP contribution in [0.2, 0.25) is 0 Å². The molecule has 0 spiro atoms. The summed E-state index contributed by atoms with van der Waals surface area (Å²) < 4.78 is 4.98. The lowest BCUT2D eigenvalue weighted by Crippen LogP contribution is -2.29. The summed E-state index contributed by atoms with van der Waals surface area (Å²) >= 11 is 0. The van der Waals surface area contributed by atoms with Gasteiger partial charge in [-0.1, -0.05) is 12.1 Å². The number of furan rings is 1. The third-order valence-corrected chi connectivity index (χ3v) is 2.77. The molecular formula is C15H15N3O2. The van der Waals surface area contributed by atoms with Crippen LogP contribution in [0.25, 0.3) is 0 Å². The van der Waals surface area contributed by atoms with Crippen LogP contribution < -0.4 is 5.32 Å². The van der Waals surface area contributed by atoms with Gasteiger partial charge in [-0.3, -0.25) is 9.69 Å². The topological polar surface area (TPSA) is 69.3 Å². The van der Waals surface area contributed by atoms with Crippen LogP contribution in [0.1, 0.15) is 11.1 Å². The van der Waals surface area contributed by atoms with Crippen LogP contribution in [0.4, 0.5) is 5.69 Å². The number of likely N-dealkylation sites (N-methyl/N-ethyl adjacent to an activating group) is 1. The molecule has 0 saturated heterocycles. The fourth-order valence-corrected chi connectivity index (χ4v) is 1.87. The van der Waals surface area contributed by atoms with Gasteiger partial charge in [0.05, 0.1) is 30.3 Å². The second kappa shape index (κ2) is 6.55. The van der Waals surface area contributed by atoms with Crippen molar-refractivity contribution in [2.75, 3.05) is 18.9 Å². The molecule has 0 radical (unpaired) electrons. The Labute approximate surface area is 117 Å². The average molecular weight is 269 g/mol. The highest BCUT2D eigenvalue weighted by Crippen LogP contribution is 2.13. The second-order valence-corrected chi connectivity index (χ2v) is 4.51. The molecule has 0 saturated carbocycles. The number of rotatable bonds is 5. The minimum atomic E-state index is -0.154. The first-order chi connectivity index (χ1) is 9.69. The van der Waals surface area contributed by atoms with E-state index >= 15 is 0 Å². The van der Waals surface area contributed by atoms with Crippen LogP contribution in [0.5, 0.6) is 0 Å². The van der Waals surface area contributed by atoms with E-state index in [4.69, 9.17) is 9.68 Å². The lowest BCUT2D eigenvalue weighted by molar-refractivity contribution is -0.117. The van der Waals surface area contributed by atoms with Crippen molar-refractivity contribution >= 4 is 11.6 Å². The molecule has 1 heterocycles. The zero-order valence-corrected chi connectivity index (χ0v) is 11.2. The van der Waals surface area contributed by atoms with Crippen molar-refractivity contribution in [1.82, 2.24) is 4.90 Å². The van der Waals surface area contributed by atoms with Gasteiger partial charge in [-0.15, -0.1) is 0 Å². The van der Waals surface area contributed by atoms with Crippen molar-refractivity contribution in [1.29, 1.82) is 5.26 Å². The van der Waals surface area contributed by atoms with Crippen LogP contribution >= 0.6 is 0 Å². The Morgan fingerprint density at radius 2 is 2.20 bits per heavy atom. The van der Waals surface area contributed by atoms with Gasteiger partial charge >= 0.3 is 0 Å². The Kier molecular flexibility index (Phi) is 4.53. The van der Waals surface area contributed by atoms with Crippen LogP contribution in [-0.4, -0.2) is 24.4 Å². The molecule has 1 aromatic carbocycles. The summed E-state index contributed by atoms with van der Waals surface area (Å²) in [5.74, 6) is -0.154. The van der Waals surface area contributed by atoms with E-state index in [9.17, 15) is 4.79 Å². The van der Waals surface area contributed by atoms with Crippen molar-refractivity contribution in [3.8, 4) is 6.07 Å². The molecule has 5 nitrogen and oxygen atoms in total. The predicted octanol–water partition coefficient (Wildman–Crippen LogP) is 2.22. The molecule has 2 rings (SSSR count). The molecule has 1 aromatic heterocycles. The maximum absolute atomic E-state index is 11.9. The number of benzene rings is 1. The fraction of sp³-hybridized carbons (Fsp3) is 0.200. The monoisotopic (exact) mass is 269 g/mol. The van der Waals surface area contributed by atoms with Crippen LogP contribution in [0.15, 0.2) is 47.3 Å². The van der Waals surface area contributed by atoms with E-state index in [0.717, 1.165) is 5.56 Å². The maximum Gasteiger partial charge on any atom is 0.238 e. The van der Waals surface area contributed by atoms with E-state index in [1.807, 2.05) is 24.1 Å². The second-order valence-electron chi connectivity index (χ2n) is 4.51. The van der Waals surface area contributed by atoms with Crippen molar-refractivity contribution in [3.05, 3.63) is 54.0 Å². The molecule has 0 aliphatic rings. The highest BCUT2D eigenvalue weighted by Gasteiger charge is 2.10. The predicted molar refractivity (Wildman–Crippen MR) is 74.8 cm³/mol. The molecule has 0 fully saturated rings. The summed E-state index contributed by atoms with van der Waals surface area (Å²) in [7, 11) is 1.85.